The van der Waals surface area contributed by atoms with Gasteiger partial charge in [-0.15, -0.1) is 0 Å². The Bertz CT molecular complexity index is 619. The minimum Gasteiger partial charge on any atom is -0.381 e. The lowest BCUT2D eigenvalue weighted by molar-refractivity contribution is -0.385. The van der Waals surface area contributed by atoms with Gasteiger partial charge in [-0.1, -0.05) is 23.7 Å². The van der Waals surface area contributed by atoms with E-state index in [0.29, 0.717) is 21.7 Å². The molecule has 0 heterocycles. The molecule has 0 bridgehead atoms. The van der Waals surface area contributed by atoms with Crippen LogP contribution in [0.3, 0.4) is 0 Å². The molecular weight excluding hydrogens is 332 g/mol. The summed E-state index contributed by atoms with van der Waals surface area (Å²) in [6, 6.07) is 12.4. The molecule has 2 aromatic carbocycles. The lowest BCUT2D eigenvalue weighted by atomic mass is 10.2. The van der Waals surface area contributed by atoms with Crippen molar-refractivity contribution in [2.24, 2.45) is 0 Å². The van der Waals surface area contributed by atoms with Gasteiger partial charge in [0.25, 0.3) is 5.69 Å². The van der Waals surface area contributed by atoms with Crippen LogP contribution < -0.4 is 5.32 Å². The fourth-order valence-electron chi connectivity index (χ4n) is 1.61. The standard InChI is InChI=1S/C13H10BrClN2O2/c14-12-5-4-11(7-13(12)17(18)19)16-8-9-2-1-3-10(15)6-9/h1-7,16H,8H2. The molecular formula is C13H10BrClN2O2. The molecule has 0 aliphatic heterocycles. The van der Waals surface area contributed by atoms with Crippen LogP contribution in [0.2, 0.25) is 5.02 Å². The van der Waals surface area contributed by atoms with Gasteiger partial charge in [-0.3, -0.25) is 10.1 Å². The van der Waals surface area contributed by atoms with Gasteiger partial charge in [-0.05, 0) is 45.8 Å². The van der Waals surface area contributed by atoms with Crippen molar-refractivity contribution in [2.75, 3.05) is 5.32 Å². The summed E-state index contributed by atoms with van der Waals surface area (Å²) in [5, 5.41) is 14.6. The summed E-state index contributed by atoms with van der Waals surface area (Å²) in [5.41, 5.74) is 1.74. The van der Waals surface area contributed by atoms with E-state index in [0.717, 1.165) is 5.56 Å². The van der Waals surface area contributed by atoms with Crippen molar-refractivity contribution < 1.29 is 4.92 Å². The van der Waals surface area contributed by atoms with Gasteiger partial charge in [0.05, 0.1) is 9.40 Å². The predicted octanol–water partition coefficient (Wildman–Crippen LogP) is 4.62. The van der Waals surface area contributed by atoms with Gasteiger partial charge in [0.15, 0.2) is 0 Å². The molecule has 0 spiro atoms. The molecule has 6 heteroatoms. The Labute approximate surface area is 123 Å². The molecule has 0 radical (unpaired) electrons. The van der Waals surface area contributed by atoms with Gasteiger partial charge in [0.2, 0.25) is 0 Å². The second-order valence-corrected chi connectivity index (χ2v) is 5.20. The van der Waals surface area contributed by atoms with Crippen LogP contribution in [-0.2, 0) is 6.54 Å². The molecule has 0 fully saturated rings. The summed E-state index contributed by atoms with van der Waals surface area (Å²) in [4.78, 5) is 10.4. The summed E-state index contributed by atoms with van der Waals surface area (Å²) < 4.78 is 0.464. The molecule has 0 aliphatic carbocycles. The van der Waals surface area contributed by atoms with Crippen molar-refractivity contribution in [3.63, 3.8) is 0 Å². The molecule has 0 unspecified atom stereocenters. The highest BCUT2D eigenvalue weighted by Gasteiger charge is 2.11. The maximum atomic E-state index is 10.8. The quantitative estimate of drug-likeness (QED) is 0.652. The molecule has 4 nitrogen and oxygen atoms in total. The van der Waals surface area contributed by atoms with E-state index in [1.807, 2.05) is 18.2 Å². The van der Waals surface area contributed by atoms with Gasteiger partial charge >= 0.3 is 0 Å². The zero-order valence-electron chi connectivity index (χ0n) is 9.77. The van der Waals surface area contributed by atoms with E-state index in [-0.39, 0.29) is 5.69 Å². The average Bonchev–Trinajstić information content (AvgIpc) is 2.37. The van der Waals surface area contributed by atoms with Crippen LogP contribution in [0.1, 0.15) is 5.56 Å². The van der Waals surface area contributed by atoms with Crippen LogP contribution in [0.4, 0.5) is 11.4 Å². The maximum Gasteiger partial charge on any atom is 0.285 e. The minimum absolute atomic E-state index is 0.0381. The number of nitrogens with one attached hydrogen (secondary N) is 1. The lowest BCUT2D eigenvalue weighted by Crippen LogP contribution is -2.00. The molecule has 1 N–H and O–H groups in total. The number of hydrogen-bond acceptors (Lipinski definition) is 3. The number of nitro groups is 1. The van der Waals surface area contributed by atoms with Crippen molar-refractivity contribution in [3.05, 3.63) is 67.6 Å². The average molecular weight is 342 g/mol. The lowest BCUT2D eigenvalue weighted by Gasteiger charge is -2.07. The number of rotatable bonds is 4. The Morgan fingerprint density at radius 1 is 1.26 bits per heavy atom. The SMILES string of the molecule is O=[N+]([O-])c1cc(NCc2cccc(Cl)c2)ccc1Br. The summed E-state index contributed by atoms with van der Waals surface area (Å²) in [6.07, 6.45) is 0. The van der Waals surface area contributed by atoms with Crippen molar-refractivity contribution in [2.45, 2.75) is 6.54 Å². The smallest absolute Gasteiger partial charge is 0.285 e. The van der Waals surface area contributed by atoms with Crippen LogP contribution >= 0.6 is 27.5 Å². The van der Waals surface area contributed by atoms with E-state index in [1.54, 1.807) is 18.2 Å². The molecule has 0 saturated heterocycles. The number of nitrogens with zero attached hydrogens (tertiary/aromatic N) is 1. The van der Waals surface area contributed by atoms with Crippen molar-refractivity contribution >= 4 is 38.9 Å². The van der Waals surface area contributed by atoms with Crippen LogP contribution in [0.25, 0.3) is 0 Å². The van der Waals surface area contributed by atoms with E-state index in [9.17, 15) is 10.1 Å². The third-order valence-electron chi connectivity index (χ3n) is 2.53. The minimum atomic E-state index is -0.422. The fraction of sp³-hybridized carbons (Fsp3) is 0.0769. The molecule has 98 valence electrons. The highest BCUT2D eigenvalue weighted by atomic mass is 79.9. The number of nitro benzene ring substituents is 1. The molecule has 0 saturated carbocycles. The molecule has 0 aliphatic rings. The zero-order valence-corrected chi connectivity index (χ0v) is 12.1. The first-order chi connectivity index (χ1) is 9.06. The Morgan fingerprint density at radius 3 is 2.74 bits per heavy atom. The Balaban J connectivity index is 2.12. The summed E-state index contributed by atoms with van der Waals surface area (Å²) >= 11 is 9.04. The van der Waals surface area contributed by atoms with Crippen molar-refractivity contribution in [1.29, 1.82) is 0 Å². The maximum absolute atomic E-state index is 10.8. The Morgan fingerprint density at radius 2 is 2.05 bits per heavy atom. The van der Waals surface area contributed by atoms with Crippen molar-refractivity contribution in [3.8, 4) is 0 Å². The van der Waals surface area contributed by atoms with Gasteiger partial charge in [0.1, 0.15) is 0 Å². The second-order valence-electron chi connectivity index (χ2n) is 3.91. The first kappa shape index (κ1) is 13.8. The van der Waals surface area contributed by atoms with E-state index in [1.165, 1.54) is 6.07 Å². The van der Waals surface area contributed by atoms with E-state index < -0.39 is 4.92 Å². The summed E-state index contributed by atoms with van der Waals surface area (Å²) in [5.74, 6) is 0. The largest absolute Gasteiger partial charge is 0.381 e. The molecule has 2 aromatic rings. The first-order valence-corrected chi connectivity index (χ1v) is 6.65. The highest BCUT2D eigenvalue weighted by Crippen LogP contribution is 2.28. The Hall–Kier alpha value is -1.59. The second kappa shape index (κ2) is 6.04. The highest BCUT2D eigenvalue weighted by molar-refractivity contribution is 9.10. The molecule has 19 heavy (non-hydrogen) atoms. The van der Waals surface area contributed by atoms with Gasteiger partial charge in [-0.2, -0.15) is 0 Å². The number of hydrogen-bond donors (Lipinski definition) is 1. The van der Waals surface area contributed by atoms with E-state index >= 15 is 0 Å². The monoisotopic (exact) mass is 340 g/mol. The van der Waals surface area contributed by atoms with Gasteiger partial charge < -0.3 is 5.32 Å². The van der Waals surface area contributed by atoms with Crippen LogP contribution in [0.5, 0.6) is 0 Å². The van der Waals surface area contributed by atoms with Gasteiger partial charge in [-0.25, -0.2) is 0 Å². The molecule has 0 atom stereocenters. The van der Waals surface area contributed by atoms with E-state index in [4.69, 9.17) is 11.6 Å². The van der Waals surface area contributed by atoms with Crippen LogP contribution in [0.15, 0.2) is 46.9 Å². The third-order valence-corrected chi connectivity index (χ3v) is 3.43. The third kappa shape index (κ3) is 3.68. The number of anilines is 1. The summed E-state index contributed by atoms with van der Waals surface area (Å²) in [7, 11) is 0. The number of benzene rings is 2. The Kier molecular flexibility index (Phi) is 4.39. The normalized spacial score (nSPS) is 10.2. The summed E-state index contributed by atoms with van der Waals surface area (Å²) in [6.45, 7) is 0.555. The topological polar surface area (TPSA) is 55.2 Å². The van der Waals surface area contributed by atoms with E-state index in [2.05, 4.69) is 21.2 Å². The van der Waals surface area contributed by atoms with Gasteiger partial charge in [0, 0.05) is 23.3 Å². The first-order valence-electron chi connectivity index (χ1n) is 5.48. The van der Waals surface area contributed by atoms with Crippen LogP contribution in [-0.4, -0.2) is 4.92 Å². The fourth-order valence-corrected chi connectivity index (χ4v) is 2.22. The molecule has 0 aromatic heterocycles. The van der Waals surface area contributed by atoms with Crippen LogP contribution in [0, 0.1) is 10.1 Å². The molecule has 0 amide bonds. The predicted molar refractivity (Wildman–Crippen MR) is 79.6 cm³/mol. The number of halogens is 2. The molecule has 2 rings (SSSR count). The van der Waals surface area contributed by atoms with Crippen molar-refractivity contribution in [1.82, 2.24) is 0 Å². The zero-order chi connectivity index (χ0) is 13.8.